The molecule has 1 rings (SSSR count). The van der Waals surface area contributed by atoms with E-state index in [4.69, 9.17) is 34.8 Å². The van der Waals surface area contributed by atoms with Crippen molar-refractivity contribution in [3.63, 3.8) is 0 Å². The zero-order chi connectivity index (χ0) is 13.8. The van der Waals surface area contributed by atoms with Gasteiger partial charge in [-0.3, -0.25) is 0 Å². The summed E-state index contributed by atoms with van der Waals surface area (Å²) in [5.41, 5.74) is 0.947. The smallest absolute Gasteiger partial charge is 0.209 e. The average molecular weight is 307 g/mol. The quantitative estimate of drug-likeness (QED) is 0.789. The van der Waals surface area contributed by atoms with E-state index in [2.05, 4.69) is 5.32 Å². The molecule has 0 bridgehead atoms. The highest BCUT2D eigenvalue weighted by Crippen LogP contribution is 2.32. The van der Waals surface area contributed by atoms with Crippen LogP contribution in [0.25, 0.3) is 6.08 Å². The Bertz CT molecular complexity index is 388. The van der Waals surface area contributed by atoms with Crippen LogP contribution in [0.5, 0.6) is 0 Å². The first-order valence-electron chi connectivity index (χ1n) is 5.76. The van der Waals surface area contributed by atoms with Crippen molar-refractivity contribution >= 4 is 40.9 Å². The van der Waals surface area contributed by atoms with Gasteiger partial charge in [0.25, 0.3) is 0 Å². The molecule has 0 heterocycles. The van der Waals surface area contributed by atoms with Gasteiger partial charge in [0.2, 0.25) is 3.79 Å². The molecule has 1 unspecified atom stereocenters. The Kier molecular flexibility index (Phi) is 5.54. The van der Waals surface area contributed by atoms with E-state index in [-0.39, 0.29) is 11.6 Å². The lowest BCUT2D eigenvalue weighted by atomic mass is 10.1. The molecule has 0 fully saturated rings. The summed E-state index contributed by atoms with van der Waals surface area (Å²) in [6, 6.07) is 9.58. The van der Waals surface area contributed by atoms with Crippen LogP contribution in [0.1, 0.15) is 26.3 Å². The van der Waals surface area contributed by atoms with E-state index in [0.29, 0.717) is 0 Å². The van der Waals surface area contributed by atoms with Gasteiger partial charge in [0.1, 0.15) is 0 Å². The summed E-state index contributed by atoms with van der Waals surface area (Å²) in [5.74, 6) is 0. The molecular weight excluding hydrogens is 289 g/mol. The second-order valence-electron chi connectivity index (χ2n) is 5.18. The molecular formula is C14H18Cl3N. The Morgan fingerprint density at radius 1 is 1.06 bits per heavy atom. The van der Waals surface area contributed by atoms with E-state index >= 15 is 0 Å². The molecule has 1 nitrogen and oxygen atoms in total. The molecule has 0 aliphatic heterocycles. The number of halogens is 3. The predicted molar refractivity (Wildman–Crippen MR) is 82.4 cm³/mol. The maximum Gasteiger partial charge on any atom is 0.209 e. The molecule has 0 aliphatic rings. The van der Waals surface area contributed by atoms with Gasteiger partial charge in [0.05, 0.1) is 6.04 Å². The molecule has 4 heteroatoms. The lowest BCUT2D eigenvalue weighted by molar-refractivity contribution is 0.393. The summed E-state index contributed by atoms with van der Waals surface area (Å²) in [5, 5.41) is 3.28. The van der Waals surface area contributed by atoms with E-state index in [0.717, 1.165) is 5.56 Å². The Morgan fingerprint density at radius 2 is 1.61 bits per heavy atom. The third kappa shape index (κ3) is 6.10. The molecule has 0 aromatic heterocycles. The first-order valence-corrected chi connectivity index (χ1v) is 6.89. The van der Waals surface area contributed by atoms with Crippen LogP contribution >= 0.6 is 34.8 Å². The Morgan fingerprint density at radius 3 is 2.06 bits per heavy atom. The van der Waals surface area contributed by atoms with Crippen LogP contribution in [0, 0.1) is 0 Å². The van der Waals surface area contributed by atoms with Gasteiger partial charge in [-0.2, -0.15) is 0 Å². The highest BCUT2D eigenvalue weighted by molar-refractivity contribution is 6.68. The van der Waals surface area contributed by atoms with E-state index in [1.165, 1.54) is 0 Å². The van der Waals surface area contributed by atoms with E-state index < -0.39 is 3.79 Å². The van der Waals surface area contributed by atoms with Gasteiger partial charge in [0.15, 0.2) is 0 Å². The SMILES string of the molecule is CC(C)(C)NC(/C=C/c1ccccc1)C(Cl)(Cl)Cl. The maximum atomic E-state index is 5.99. The van der Waals surface area contributed by atoms with E-state index in [9.17, 15) is 0 Å². The van der Waals surface area contributed by atoms with Crippen molar-refractivity contribution in [2.75, 3.05) is 0 Å². The Hall–Kier alpha value is -0.210. The fraction of sp³-hybridized carbons (Fsp3) is 0.429. The molecule has 18 heavy (non-hydrogen) atoms. The molecule has 0 saturated heterocycles. The van der Waals surface area contributed by atoms with Gasteiger partial charge >= 0.3 is 0 Å². The zero-order valence-electron chi connectivity index (χ0n) is 10.8. The van der Waals surface area contributed by atoms with Crippen molar-refractivity contribution in [1.29, 1.82) is 0 Å². The highest BCUT2D eigenvalue weighted by atomic mass is 35.6. The van der Waals surface area contributed by atoms with Crippen molar-refractivity contribution in [3.05, 3.63) is 42.0 Å². The van der Waals surface area contributed by atoms with Crippen molar-refractivity contribution in [1.82, 2.24) is 5.32 Å². The third-order valence-electron chi connectivity index (χ3n) is 2.22. The number of nitrogens with one attached hydrogen (secondary N) is 1. The first-order chi connectivity index (χ1) is 8.18. The van der Waals surface area contributed by atoms with Gasteiger partial charge in [-0.05, 0) is 26.3 Å². The standard InChI is InChI=1S/C14H18Cl3N/c1-13(2,3)18-12(14(15,16)17)10-9-11-7-5-4-6-8-11/h4-10,12,18H,1-3H3/b10-9+. The first kappa shape index (κ1) is 15.8. The van der Waals surface area contributed by atoms with Crippen LogP contribution in [0.15, 0.2) is 36.4 Å². The number of hydrogen-bond acceptors (Lipinski definition) is 1. The van der Waals surface area contributed by atoms with Gasteiger partial charge in [0, 0.05) is 5.54 Å². The van der Waals surface area contributed by atoms with Crippen LogP contribution in [-0.4, -0.2) is 15.4 Å². The summed E-state index contributed by atoms with van der Waals surface area (Å²) in [4.78, 5) is 0. The van der Waals surface area contributed by atoms with Crippen LogP contribution in [0.4, 0.5) is 0 Å². The number of rotatable bonds is 3. The van der Waals surface area contributed by atoms with E-state index in [1.807, 2.05) is 63.3 Å². The van der Waals surface area contributed by atoms with Gasteiger partial charge in [-0.25, -0.2) is 0 Å². The second kappa shape index (κ2) is 6.29. The van der Waals surface area contributed by atoms with Crippen molar-refractivity contribution in [2.24, 2.45) is 0 Å². The van der Waals surface area contributed by atoms with Gasteiger partial charge in [-0.1, -0.05) is 77.3 Å². The molecule has 1 aromatic rings. The van der Waals surface area contributed by atoms with E-state index in [1.54, 1.807) is 0 Å². The largest absolute Gasteiger partial charge is 0.302 e. The van der Waals surface area contributed by atoms with Crippen LogP contribution in [-0.2, 0) is 0 Å². The second-order valence-corrected chi connectivity index (χ2v) is 7.55. The predicted octanol–water partition coefficient (Wildman–Crippen LogP) is 4.83. The Labute approximate surface area is 124 Å². The average Bonchev–Trinajstić information content (AvgIpc) is 2.22. The molecule has 1 aromatic carbocycles. The van der Waals surface area contributed by atoms with Crippen LogP contribution < -0.4 is 5.32 Å². The lowest BCUT2D eigenvalue weighted by Gasteiger charge is -2.31. The fourth-order valence-corrected chi connectivity index (χ4v) is 1.86. The lowest BCUT2D eigenvalue weighted by Crippen LogP contribution is -2.48. The molecule has 1 N–H and O–H groups in total. The van der Waals surface area contributed by atoms with Crippen LogP contribution in [0.2, 0.25) is 0 Å². The van der Waals surface area contributed by atoms with Crippen molar-refractivity contribution < 1.29 is 0 Å². The van der Waals surface area contributed by atoms with Crippen molar-refractivity contribution in [3.8, 4) is 0 Å². The molecule has 0 aliphatic carbocycles. The summed E-state index contributed by atoms with van der Waals surface area (Å²) in [6.45, 7) is 6.10. The molecule has 0 spiro atoms. The summed E-state index contributed by atoms with van der Waals surface area (Å²) >= 11 is 18.0. The topological polar surface area (TPSA) is 12.0 Å². The number of alkyl halides is 3. The summed E-state index contributed by atoms with van der Waals surface area (Å²) < 4.78 is -1.38. The summed E-state index contributed by atoms with van der Waals surface area (Å²) in [7, 11) is 0. The molecule has 0 saturated carbocycles. The highest BCUT2D eigenvalue weighted by Gasteiger charge is 2.32. The zero-order valence-corrected chi connectivity index (χ0v) is 13.0. The fourth-order valence-electron chi connectivity index (χ4n) is 1.48. The third-order valence-corrected chi connectivity index (χ3v) is 2.93. The number of benzene rings is 1. The minimum Gasteiger partial charge on any atom is -0.302 e. The molecule has 0 amide bonds. The summed E-state index contributed by atoms with van der Waals surface area (Å²) in [6.07, 6.45) is 3.83. The molecule has 100 valence electrons. The minimum absolute atomic E-state index is 0.129. The van der Waals surface area contributed by atoms with Gasteiger partial charge in [-0.15, -0.1) is 0 Å². The normalized spacial score (nSPS) is 15.0. The minimum atomic E-state index is -1.38. The van der Waals surface area contributed by atoms with Crippen molar-refractivity contribution in [2.45, 2.75) is 36.1 Å². The molecule has 0 radical (unpaired) electrons. The van der Waals surface area contributed by atoms with Crippen LogP contribution in [0.3, 0.4) is 0 Å². The van der Waals surface area contributed by atoms with Gasteiger partial charge < -0.3 is 5.32 Å². The molecule has 1 atom stereocenters. The monoisotopic (exact) mass is 305 g/mol. The number of hydrogen-bond donors (Lipinski definition) is 1. The maximum absolute atomic E-state index is 5.99. The Balaban J connectivity index is 2.83.